The van der Waals surface area contributed by atoms with Gasteiger partial charge < -0.3 is 15.4 Å². The Hall–Kier alpha value is -2.58. The first-order valence-electron chi connectivity index (χ1n) is 8.53. The van der Waals surface area contributed by atoms with Crippen molar-refractivity contribution in [3.8, 4) is 5.75 Å². The van der Waals surface area contributed by atoms with Crippen LogP contribution in [0.2, 0.25) is 5.02 Å². The molecule has 2 aromatic rings. The van der Waals surface area contributed by atoms with E-state index in [1.54, 1.807) is 37.3 Å². The molecule has 28 heavy (non-hydrogen) atoms. The number of benzene rings is 2. The fraction of sp³-hybridized carbons (Fsp3) is 0.263. The first-order chi connectivity index (χ1) is 13.2. The lowest BCUT2D eigenvalue weighted by Crippen LogP contribution is -2.27. The molecular formula is C19H19ClN2O5S. The summed E-state index contributed by atoms with van der Waals surface area (Å²) in [4.78, 5) is 23.7. The summed E-state index contributed by atoms with van der Waals surface area (Å²) in [7, 11) is -3.79. The highest BCUT2D eigenvalue weighted by Gasteiger charge is 2.29. The second-order valence-electron chi connectivity index (χ2n) is 6.57. The summed E-state index contributed by atoms with van der Waals surface area (Å²) >= 11 is 5.81. The van der Waals surface area contributed by atoms with Crippen LogP contribution in [0.4, 0.5) is 11.4 Å². The third-order valence-electron chi connectivity index (χ3n) is 4.35. The Morgan fingerprint density at radius 3 is 2.64 bits per heavy atom. The van der Waals surface area contributed by atoms with Gasteiger partial charge in [0.1, 0.15) is 5.75 Å². The van der Waals surface area contributed by atoms with E-state index in [0.717, 1.165) is 0 Å². The van der Waals surface area contributed by atoms with E-state index in [2.05, 4.69) is 10.6 Å². The maximum Gasteiger partial charge on any atom is 0.262 e. The van der Waals surface area contributed by atoms with Gasteiger partial charge in [0.15, 0.2) is 16.4 Å². The van der Waals surface area contributed by atoms with Crippen LogP contribution >= 0.6 is 11.6 Å². The van der Waals surface area contributed by atoms with E-state index < -0.39 is 21.0 Å². The van der Waals surface area contributed by atoms with Crippen LogP contribution in [-0.2, 0) is 19.4 Å². The summed E-state index contributed by atoms with van der Waals surface area (Å²) in [5, 5.41) is 4.89. The standard InChI is InChI=1S/C19H19ClN2O5S/c1-11-7-15-16(27-10-19(24)22-15)9-17(11)28(25,26)12(2)8-18(23)21-14-5-3-13(20)4-6-14/h3-7,9,12H,8,10H2,1-2H3,(H,21,23)(H,22,24). The predicted octanol–water partition coefficient (Wildman–Crippen LogP) is 3.17. The van der Waals surface area contributed by atoms with Gasteiger partial charge in [-0.1, -0.05) is 11.6 Å². The third kappa shape index (κ3) is 4.28. The maximum absolute atomic E-state index is 13.0. The van der Waals surface area contributed by atoms with Gasteiger partial charge in [-0.2, -0.15) is 0 Å². The molecule has 1 aliphatic heterocycles. The van der Waals surface area contributed by atoms with E-state index in [1.165, 1.54) is 13.0 Å². The molecule has 2 N–H and O–H groups in total. The second-order valence-corrected chi connectivity index (χ2v) is 9.34. The van der Waals surface area contributed by atoms with Crippen LogP contribution in [0.5, 0.6) is 5.75 Å². The Bertz CT molecular complexity index is 1040. The first kappa shape index (κ1) is 20.2. The Kier molecular flexibility index (Phi) is 5.62. The van der Waals surface area contributed by atoms with Crippen LogP contribution in [-0.4, -0.2) is 32.1 Å². The van der Waals surface area contributed by atoms with Crippen LogP contribution in [0, 0.1) is 6.92 Å². The van der Waals surface area contributed by atoms with Gasteiger partial charge in [0.2, 0.25) is 5.91 Å². The lowest BCUT2D eigenvalue weighted by atomic mass is 10.2. The molecule has 1 unspecified atom stereocenters. The number of hydrogen-bond donors (Lipinski definition) is 2. The molecule has 0 spiro atoms. The van der Waals surface area contributed by atoms with E-state index in [1.807, 2.05) is 0 Å². The molecule has 0 aliphatic carbocycles. The van der Waals surface area contributed by atoms with Gasteiger partial charge >= 0.3 is 0 Å². The minimum Gasteiger partial charge on any atom is -0.482 e. The van der Waals surface area contributed by atoms with Gasteiger partial charge in [-0.15, -0.1) is 0 Å². The molecule has 1 atom stereocenters. The largest absolute Gasteiger partial charge is 0.482 e. The van der Waals surface area contributed by atoms with E-state index in [4.69, 9.17) is 16.3 Å². The van der Waals surface area contributed by atoms with E-state index in [-0.39, 0.29) is 23.8 Å². The maximum atomic E-state index is 13.0. The number of nitrogens with one attached hydrogen (secondary N) is 2. The molecule has 7 nitrogen and oxygen atoms in total. The summed E-state index contributed by atoms with van der Waals surface area (Å²) in [6, 6.07) is 9.49. The number of fused-ring (bicyclic) bond motifs is 1. The minimum absolute atomic E-state index is 0.0780. The van der Waals surface area contributed by atoms with Gasteiger partial charge in [-0.25, -0.2) is 8.42 Å². The molecule has 1 aliphatic rings. The average molecular weight is 423 g/mol. The molecule has 0 saturated heterocycles. The van der Waals surface area contributed by atoms with E-state index in [9.17, 15) is 18.0 Å². The van der Waals surface area contributed by atoms with Gasteiger partial charge in [-0.3, -0.25) is 9.59 Å². The summed E-state index contributed by atoms with van der Waals surface area (Å²) in [6.07, 6.45) is -0.209. The van der Waals surface area contributed by atoms with Crippen LogP contribution in [0.15, 0.2) is 41.3 Å². The highest BCUT2D eigenvalue weighted by Crippen LogP contribution is 2.34. The molecular weight excluding hydrogens is 404 g/mol. The lowest BCUT2D eigenvalue weighted by Gasteiger charge is -2.21. The Morgan fingerprint density at radius 1 is 1.29 bits per heavy atom. The summed E-state index contributed by atoms with van der Waals surface area (Å²) in [5.41, 5.74) is 1.43. The topological polar surface area (TPSA) is 102 Å². The van der Waals surface area contributed by atoms with Gasteiger partial charge in [0, 0.05) is 23.2 Å². The number of hydrogen-bond acceptors (Lipinski definition) is 5. The fourth-order valence-corrected chi connectivity index (χ4v) is 4.56. The number of rotatable bonds is 5. The van der Waals surface area contributed by atoms with E-state index in [0.29, 0.717) is 27.7 Å². The van der Waals surface area contributed by atoms with Gasteiger partial charge in [0.25, 0.3) is 5.91 Å². The predicted molar refractivity (Wildman–Crippen MR) is 107 cm³/mol. The van der Waals surface area contributed by atoms with Crippen LogP contribution in [0.3, 0.4) is 0 Å². The number of sulfone groups is 1. The van der Waals surface area contributed by atoms with Crippen molar-refractivity contribution < 1.29 is 22.7 Å². The van der Waals surface area contributed by atoms with Crippen molar-refractivity contribution in [1.29, 1.82) is 0 Å². The molecule has 148 valence electrons. The third-order valence-corrected chi connectivity index (χ3v) is 6.88. The second kappa shape index (κ2) is 7.81. The zero-order chi connectivity index (χ0) is 20.5. The molecule has 0 saturated carbocycles. The van der Waals surface area contributed by atoms with Crippen molar-refractivity contribution in [1.82, 2.24) is 0 Å². The van der Waals surface area contributed by atoms with Crippen molar-refractivity contribution in [3.63, 3.8) is 0 Å². The van der Waals surface area contributed by atoms with E-state index >= 15 is 0 Å². The Labute approximate surface area is 168 Å². The highest BCUT2D eigenvalue weighted by atomic mass is 35.5. The molecule has 0 radical (unpaired) electrons. The normalized spacial score (nSPS) is 14.5. The minimum atomic E-state index is -3.79. The zero-order valence-corrected chi connectivity index (χ0v) is 16.9. The van der Waals surface area contributed by atoms with Crippen LogP contribution in [0.25, 0.3) is 0 Å². The Morgan fingerprint density at radius 2 is 1.96 bits per heavy atom. The molecule has 0 bridgehead atoms. The molecule has 1 heterocycles. The highest BCUT2D eigenvalue weighted by molar-refractivity contribution is 7.92. The van der Waals surface area contributed by atoms with Gasteiger partial charge in [0.05, 0.1) is 15.8 Å². The molecule has 3 rings (SSSR count). The Balaban J connectivity index is 1.77. The smallest absolute Gasteiger partial charge is 0.262 e. The fourth-order valence-electron chi connectivity index (χ4n) is 2.86. The summed E-state index contributed by atoms with van der Waals surface area (Å²) in [6.45, 7) is 2.95. The lowest BCUT2D eigenvalue weighted by molar-refractivity contribution is -0.118. The monoisotopic (exact) mass is 422 g/mol. The molecule has 0 fully saturated rings. The zero-order valence-electron chi connectivity index (χ0n) is 15.3. The summed E-state index contributed by atoms with van der Waals surface area (Å²) < 4.78 is 31.3. The number of ether oxygens (including phenoxy) is 1. The first-order valence-corrected chi connectivity index (χ1v) is 10.5. The molecule has 0 aromatic heterocycles. The van der Waals surface area contributed by atoms with Gasteiger partial charge in [-0.05, 0) is 49.7 Å². The van der Waals surface area contributed by atoms with Crippen molar-refractivity contribution in [2.24, 2.45) is 0 Å². The van der Waals surface area contributed by atoms with Crippen molar-refractivity contribution in [2.45, 2.75) is 30.4 Å². The van der Waals surface area contributed by atoms with Crippen LogP contribution in [0.1, 0.15) is 18.9 Å². The van der Waals surface area contributed by atoms with Crippen LogP contribution < -0.4 is 15.4 Å². The average Bonchev–Trinajstić information content (AvgIpc) is 2.62. The number of carbonyl (C=O) groups excluding carboxylic acids is 2. The molecule has 2 amide bonds. The number of carbonyl (C=O) groups is 2. The number of halogens is 1. The molecule has 9 heteroatoms. The van der Waals surface area contributed by atoms with Crippen molar-refractivity contribution in [2.75, 3.05) is 17.2 Å². The SMILES string of the molecule is Cc1cc2c(cc1S(=O)(=O)C(C)CC(=O)Nc1ccc(Cl)cc1)OCC(=O)N2. The quantitative estimate of drug-likeness (QED) is 0.770. The van der Waals surface area contributed by atoms with Crippen molar-refractivity contribution in [3.05, 3.63) is 47.0 Å². The molecule has 2 aromatic carbocycles. The summed E-state index contributed by atoms with van der Waals surface area (Å²) in [5.74, 6) is -0.422. The number of aryl methyl sites for hydroxylation is 1. The van der Waals surface area contributed by atoms with Crippen molar-refractivity contribution >= 4 is 44.6 Å². The number of anilines is 2. The number of amides is 2.